The lowest BCUT2D eigenvalue weighted by atomic mass is 9.53. The predicted octanol–water partition coefficient (Wildman–Crippen LogP) is 4.70. The van der Waals surface area contributed by atoms with Crippen LogP contribution in [0.2, 0.25) is 0 Å². The molecule has 12 nitrogen and oxygen atoms in total. The Labute approximate surface area is 337 Å². The van der Waals surface area contributed by atoms with E-state index >= 15 is 0 Å². The summed E-state index contributed by atoms with van der Waals surface area (Å²) in [5.41, 5.74) is 0.570. The predicted molar refractivity (Wildman–Crippen MR) is 216 cm³/mol. The second-order valence-corrected chi connectivity index (χ2v) is 18.7. The van der Waals surface area contributed by atoms with Crippen LogP contribution in [0.1, 0.15) is 103 Å². The molecule has 308 valence electrons. The summed E-state index contributed by atoms with van der Waals surface area (Å²) in [6.07, 6.45) is 16.5. The second kappa shape index (κ2) is 17.2. The molecule has 0 spiro atoms. The zero-order valence-electron chi connectivity index (χ0n) is 33.7. The van der Waals surface area contributed by atoms with Crippen molar-refractivity contribution in [2.75, 3.05) is 13.1 Å². The van der Waals surface area contributed by atoms with Crippen LogP contribution in [0, 0.1) is 40.9 Å². The molecule has 57 heavy (non-hydrogen) atoms. The van der Waals surface area contributed by atoms with E-state index in [1.807, 2.05) is 30.3 Å². The first kappa shape index (κ1) is 40.7. The summed E-state index contributed by atoms with van der Waals surface area (Å²) in [4.78, 5) is 83.5. The van der Waals surface area contributed by atoms with Crippen LogP contribution in [0.4, 0.5) is 4.79 Å². The van der Waals surface area contributed by atoms with E-state index in [-0.39, 0.29) is 59.5 Å². The van der Waals surface area contributed by atoms with Crippen LogP contribution in [0.3, 0.4) is 0 Å². The van der Waals surface area contributed by atoms with Gasteiger partial charge in [0.15, 0.2) is 0 Å². The van der Waals surface area contributed by atoms with E-state index in [4.69, 9.17) is 0 Å². The first-order valence-corrected chi connectivity index (χ1v) is 21.5. The average molecular weight is 783 g/mol. The van der Waals surface area contributed by atoms with Gasteiger partial charge in [0.2, 0.25) is 23.5 Å². The van der Waals surface area contributed by atoms with Crippen LogP contribution in [-0.2, 0) is 30.5 Å². The number of allylic oxidation sites excluding steroid dienone is 1. The Morgan fingerprint density at radius 3 is 2.21 bits per heavy atom. The van der Waals surface area contributed by atoms with Gasteiger partial charge in [-0.2, -0.15) is 0 Å². The fourth-order valence-corrected chi connectivity index (χ4v) is 11.7. The minimum Gasteiger partial charge on any atom is -0.348 e. The molecule has 5 atom stereocenters. The Morgan fingerprint density at radius 2 is 1.56 bits per heavy atom. The van der Waals surface area contributed by atoms with Gasteiger partial charge in [-0.05, 0) is 111 Å². The van der Waals surface area contributed by atoms with Crippen LogP contribution in [0.15, 0.2) is 55.1 Å². The molecular weight excluding hydrogens is 721 g/mol. The van der Waals surface area contributed by atoms with Crippen LogP contribution in [0.25, 0.3) is 0 Å². The fourth-order valence-electron chi connectivity index (χ4n) is 11.7. The molecule has 1 aromatic rings. The Morgan fingerprint density at radius 1 is 0.895 bits per heavy atom. The molecule has 6 amide bonds. The van der Waals surface area contributed by atoms with Gasteiger partial charge >= 0.3 is 6.03 Å². The first-order valence-electron chi connectivity index (χ1n) is 21.5. The van der Waals surface area contributed by atoms with Gasteiger partial charge in [-0.25, -0.2) is 4.79 Å². The molecule has 5 N–H and O–H groups in total. The van der Waals surface area contributed by atoms with E-state index in [0.29, 0.717) is 37.3 Å². The van der Waals surface area contributed by atoms with Crippen molar-refractivity contribution < 1.29 is 28.8 Å². The molecule has 8 rings (SSSR count). The molecule has 6 aliphatic carbocycles. The molecule has 1 saturated heterocycles. The van der Waals surface area contributed by atoms with Crippen molar-refractivity contribution >= 4 is 35.4 Å². The molecule has 12 heteroatoms. The summed E-state index contributed by atoms with van der Waals surface area (Å²) in [5.74, 6) is -0.770. The van der Waals surface area contributed by atoms with Crippen molar-refractivity contribution in [1.82, 2.24) is 31.5 Å². The van der Waals surface area contributed by atoms with Crippen LogP contribution >= 0.6 is 0 Å². The van der Waals surface area contributed by atoms with Gasteiger partial charge in [-0.1, -0.05) is 75.6 Å². The van der Waals surface area contributed by atoms with E-state index < -0.39 is 35.7 Å². The molecule has 6 saturated carbocycles. The number of nitrogens with zero attached hydrogens (tertiary/aromatic N) is 1. The maximum absolute atomic E-state index is 14.8. The Balaban J connectivity index is 0.996. The zero-order valence-corrected chi connectivity index (χ0v) is 33.7. The van der Waals surface area contributed by atoms with Gasteiger partial charge in [-0.15, -0.1) is 6.58 Å². The summed E-state index contributed by atoms with van der Waals surface area (Å²) >= 11 is 0. The summed E-state index contributed by atoms with van der Waals surface area (Å²) in [6, 6.07) is 6.46. The summed E-state index contributed by atoms with van der Waals surface area (Å²) < 4.78 is 0. The van der Waals surface area contributed by atoms with Gasteiger partial charge in [0.25, 0.3) is 5.91 Å². The van der Waals surface area contributed by atoms with Gasteiger partial charge in [0.05, 0.1) is 6.04 Å². The number of piperidine rings is 1. The van der Waals surface area contributed by atoms with Crippen molar-refractivity contribution in [3.05, 3.63) is 60.7 Å². The van der Waals surface area contributed by atoms with E-state index in [1.165, 1.54) is 31.4 Å². The van der Waals surface area contributed by atoms with Gasteiger partial charge in [0.1, 0.15) is 12.1 Å². The highest BCUT2D eigenvalue weighted by Crippen LogP contribution is 2.65. The largest absolute Gasteiger partial charge is 0.348 e. The number of benzene rings is 1. The number of hydrogen-bond acceptors (Lipinski definition) is 6. The third-order valence-corrected chi connectivity index (χ3v) is 14.3. The third-order valence-electron chi connectivity index (χ3n) is 14.3. The molecule has 4 bridgehead atoms. The lowest BCUT2D eigenvalue weighted by molar-refractivity contribution is -0.144. The van der Waals surface area contributed by atoms with Crippen LogP contribution in [-0.4, -0.2) is 77.1 Å². The van der Waals surface area contributed by atoms with Crippen molar-refractivity contribution in [2.24, 2.45) is 40.9 Å². The number of nitrogens with one attached hydrogen (secondary N) is 5. The first-order chi connectivity index (χ1) is 27.4. The average Bonchev–Trinajstić information content (AvgIpc) is 3.48. The molecular formula is C45H62N6O6. The number of rotatable bonds is 16. The summed E-state index contributed by atoms with van der Waals surface area (Å²) in [5, 5.41) is 14.8. The highest BCUT2D eigenvalue weighted by atomic mass is 16.2. The van der Waals surface area contributed by atoms with Gasteiger partial charge in [0, 0.05) is 31.2 Å². The topological polar surface area (TPSA) is 166 Å². The molecule has 0 aromatic heterocycles. The van der Waals surface area contributed by atoms with E-state index in [0.717, 1.165) is 56.9 Å². The monoisotopic (exact) mass is 782 g/mol. The molecule has 1 aromatic carbocycles. The second-order valence-electron chi connectivity index (χ2n) is 18.7. The standard InChI is InChI=1S/C45H62N6O6/c1-4-5-17-34(39(53)41(55)46-19-12-18-35(52)47-26-28-13-8-6-9-14-28)48-40(54)38-36-33(44(36,2)3)27-51(38)42(56)37(32-15-10-7-11-16-32)49-43(57)50-45-23-29-20-30(24-45)22-31(21-29)25-45/h4,6,8-9,12-14,18,29-34,36-38H,1,5,7,10-11,15-17,19-27H2,2-3H3,(H,46,55)(H,47,52)(H,48,54)(H2,49,50,57)/b18-12+/t29?,30?,31?,33-,34-,36-,37-,38-,45?/m0/s1. The normalized spacial score (nSPS) is 30.5. The van der Waals surface area contributed by atoms with E-state index in [1.54, 1.807) is 11.0 Å². The number of carbonyl (C=O) groups excluding carboxylic acids is 6. The minimum absolute atomic E-state index is 0.0309. The lowest BCUT2D eigenvalue weighted by Crippen LogP contribution is -2.64. The summed E-state index contributed by atoms with van der Waals surface area (Å²) in [7, 11) is 0. The van der Waals surface area contributed by atoms with Crippen LogP contribution < -0.4 is 26.6 Å². The number of hydrogen-bond donors (Lipinski definition) is 5. The SMILES string of the molecule is C=CCC[C@H](NC(=O)[C@@H]1[C@@H]2[C@H](CN1C(=O)[C@@H](NC(=O)NC13CC4CC(CC(C4)C1)C3)C1CCCCC1)C2(C)C)C(=O)C(=O)NC/C=C/C(=O)NCc1ccccc1. The molecule has 7 aliphatic rings. The highest BCUT2D eigenvalue weighted by molar-refractivity contribution is 6.38. The number of carbonyl (C=O) groups is 6. The number of Topliss-reactive ketones (excluding diaryl/α,β-unsaturated/α-hetero) is 1. The maximum Gasteiger partial charge on any atom is 0.315 e. The molecule has 1 heterocycles. The number of ketones is 1. The molecule has 1 aliphatic heterocycles. The number of amides is 6. The van der Waals surface area contributed by atoms with E-state index in [2.05, 4.69) is 47.0 Å². The summed E-state index contributed by atoms with van der Waals surface area (Å²) in [6.45, 7) is 8.66. The quantitative estimate of drug-likeness (QED) is 0.0928. The fraction of sp³-hybridized carbons (Fsp3) is 0.644. The minimum atomic E-state index is -1.13. The Hall–Kier alpha value is -4.48. The number of fused-ring (bicyclic) bond motifs is 1. The van der Waals surface area contributed by atoms with E-state index in [9.17, 15) is 28.8 Å². The Bertz CT molecular complexity index is 1700. The molecule has 0 unspecified atom stereocenters. The molecule has 7 fully saturated rings. The Kier molecular flexibility index (Phi) is 12.3. The number of urea groups is 1. The zero-order chi connectivity index (χ0) is 40.3. The smallest absolute Gasteiger partial charge is 0.315 e. The van der Waals surface area contributed by atoms with Crippen molar-refractivity contribution in [1.29, 1.82) is 0 Å². The van der Waals surface area contributed by atoms with Crippen molar-refractivity contribution in [2.45, 2.75) is 128 Å². The van der Waals surface area contributed by atoms with Crippen molar-refractivity contribution in [3.63, 3.8) is 0 Å². The number of likely N-dealkylation sites (tertiary alicyclic amines) is 1. The van der Waals surface area contributed by atoms with Gasteiger partial charge in [-0.3, -0.25) is 24.0 Å². The lowest BCUT2D eigenvalue weighted by Gasteiger charge is -2.56. The highest BCUT2D eigenvalue weighted by Gasteiger charge is 2.70. The molecule has 0 radical (unpaired) electrons. The van der Waals surface area contributed by atoms with Gasteiger partial charge < -0.3 is 31.5 Å². The van der Waals surface area contributed by atoms with Crippen molar-refractivity contribution in [3.8, 4) is 0 Å². The third kappa shape index (κ3) is 9.15. The maximum atomic E-state index is 14.8. The van der Waals surface area contributed by atoms with Crippen LogP contribution in [0.5, 0.6) is 0 Å².